The summed E-state index contributed by atoms with van der Waals surface area (Å²) in [6.45, 7) is 3.43. The van der Waals surface area contributed by atoms with Gasteiger partial charge in [-0.25, -0.2) is 9.97 Å². The van der Waals surface area contributed by atoms with Crippen LogP contribution in [-0.2, 0) is 11.3 Å². The van der Waals surface area contributed by atoms with Crippen molar-refractivity contribution in [3.05, 3.63) is 64.8 Å². The van der Waals surface area contributed by atoms with Crippen LogP contribution in [0.4, 0.5) is 0 Å². The second-order valence-electron chi connectivity index (χ2n) is 7.00. The zero-order valence-electron chi connectivity index (χ0n) is 15.7. The Morgan fingerprint density at radius 1 is 1.21 bits per heavy atom. The van der Waals surface area contributed by atoms with Gasteiger partial charge in [0.05, 0.1) is 23.8 Å². The molecule has 0 spiro atoms. The lowest BCUT2D eigenvalue weighted by molar-refractivity contribution is -0.130. The van der Waals surface area contributed by atoms with Gasteiger partial charge in [0.2, 0.25) is 11.8 Å². The predicted molar refractivity (Wildman–Crippen MR) is 105 cm³/mol. The summed E-state index contributed by atoms with van der Waals surface area (Å²) in [5, 5.41) is 0.567. The van der Waals surface area contributed by atoms with Crippen LogP contribution in [-0.4, -0.2) is 44.5 Å². The molecule has 0 aliphatic carbocycles. The summed E-state index contributed by atoms with van der Waals surface area (Å²) < 4.78 is 7.40. The van der Waals surface area contributed by atoms with Crippen LogP contribution in [0.1, 0.15) is 18.5 Å². The first-order chi connectivity index (χ1) is 13.6. The molecule has 1 fully saturated rings. The minimum absolute atomic E-state index is 0.0170. The lowest BCUT2D eigenvalue weighted by Gasteiger charge is -2.17. The molecule has 1 atom stereocenters. The Morgan fingerprint density at radius 2 is 2.07 bits per heavy atom. The number of carbonyl (C=O) groups is 1. The van der Waals surface area contributed by atoms with Gasteiger partial charge < -0.3 is 9.64 Å². The molecule has 3 heterocycles. The van der Waals surface area contributed by atoms with Gasteiger partial charge >= 0.3 is 0 Å². The maximum Gasteiger partial charge on any atom is 0.261 e. The van der Waals surface area contributed by atoms with Gasteiger partial charge in [0, 0.05) is 37.7 Å². The number of nitrogens with zero attached hydrogens (tertiary/aromatic N) is 4. The number of fused-ring (bicyclic) bond motifs is 1. The summed E-state index contributed by atoms with van der Waals surface area (Å²) in [7, 11) is 0. The molecular formula is C21H22N4O3. The molecule has 0 N–H and O–H groups in total. The van der Waals surface area contributed by atoms with Crippen molar-refractivity contribution in [2.75, 3.05) is 13.1 Å². The predicted octanol–water partition coefficient (Wildman–Crippen LogP) is 2.17. The summed E-state index contributed by atoms with van der Waals surface area (Å²) in [6, 6.07) is 12.9. The number of rotatable bonds is 5. The molecule has 7 nitrogen and oxygen atoms in total. The second kappa shape index (κ2) is 7.80. The van der Waals surface area contributed by atoms with Crippen LogP contribution in [0.15, 0.2) is 53.6 Å². The minimum Gasteiger partial charge on any atom is -0.472 e. The zero-order valence-corrected chi connectivity index (χ0v) is 15.7. The lowest BCUT2D eigenvalue weighted by Crippen LogP contribution is -2.32. The van der Waals surface area contributed by atoms with E-state index in [1.54, 1.807) is 17.0 Å². The maximum absolute atomic E-state index is 12.6. The van der Waals surface area contributed by atoms with Crippen LogP contribution >= 0.6 is 0 Å². The summed E-state index contributed by atoms with van der Waals surface area (Å²) in [5.41, 5.74) is 1.45. The standard InChI is InChI=1S/C21H22N4O3/c1-15-5-4-8-19(23-15)28-16-9-11-24(13-16)20(26)10-12-25-14-22-18-7-3-2-6-17(18)21(25)27/h2-8,14,16H,9-13H2,1H3. The van der Waals surface area contributed by atoms with E-state index in [0.29, 0.717) is 36.4 Å². The van der Waals surface area contributed by atoms with Crippen molar-refractivity contribution < 1.29 is 9.53 Å². The van der Waals surface area contributed by atoms with E-state index in [1.165, 1.54) is 10.9 Å². The molecule has 1 aliphatic rings. The van der Waals surface area contributed by atoms with Crippen molar-refractivity contribution >= 4 is 16.8 Å². The van der Waals surface area contributed by atoms with Crippen LogP contribution in [0.25, 0.3) is 10.9 Å². The molecule has 2 aromatic heterocycles. The van der Waals surface area contributed by atoms with Gasteiger partial charge in [-0.05, 0) is 25.1 Å². The number of aromatic nitrogens is 3. The number of benzene rings is 1. The fraction of sp³-hybridized carbons (Fsp3) is 0.333. The summed E-state index contributed by atoms with van der Waals surface area (Å²) in [6.07, 6.45) is 2.49. The molecule has 1 amide bonds. The summed E-state index contributed by atoms with van der Waals surface area (Å²) >= 11 is 0. The normalized spacial score (nSPS) is 16.5. The fourth-order valence-electron chi connectivity index (χ4n) is 3.44. The number of carbonyl (C=O) groups excluding carboxylic acids is 1. The van der Waals surface area contributed by atoms with Crippen molar-refractivity contribution in [2.24, 2.45) is 0 Å². The summed E-state index contributed by atoms with van der Waals surface area (Å²) in [4.78, 5) is 35.5. The number of aryl methyl sites for hydroxylation is 2. The molecule has 1 unspecified atom stereocenters. The van der Waals surface area contributed by atoms with Gasteiger partial charge in [0.15, 0.2) is 0 Å². The maximum atomic E-state index is 12.6. The number of hydrogen-bond donors (Lipinski definition) is 0. The fourth-order valence-corrected chi connectivity index (χ4v) is 3.44. The largest absolute Gasteiger partial charge is 0.472 e. The van der Waals surface area contributed by atoms with Crippen molar-refractivity contribution in [1.29, 1.82) is 0 Å². The van der Waals surface area contributed by atoms with E-state index in [4.69, 9.17) is 4.74 Å². The topological polar surface area (TPSA) is 77.3 Å². The lowest BCUT2D eigenvalue weighted by atomic mass is 10.2. The Hall–Kier alpha value is -3.22. The van der Waals surface area contributed by atoms with Gasteiger partial charge in [-0.2, -0.15) is 0 Å². The summed E-state index contributed by atoms with van der Waals surface area (Å²) in [5.74, 6) is 0.608. The number of amides is 1. The van der Waals surface area contributed by atoms with Crippen molar-refractivity contribution in [3.63, 3.8) is 0 Å². The number of ether oxygens (including phenoxy) is 1. The Labute approximate surface area is 162 Å². The van der Waals surface area contributed by atoms with Gasteiger partial charge in [-0.3, -0.25) is 14.2 Å². The van der Waals surface area contributed by atoms with Gasteiger partial charge in [-0.15, -0.1) is 0 Å². The van der Waals surface area contributed by atoms with Crippen LogP contribution < -0.4 is 10.3 Å². The molecule has 3 aromatic rings. The molecule has 0 saturated carbocycles. The van der Waals surface area contributed by atoms with E-state index in [9.17, 15) is 9.59 Å². The van der Waals surface area contributed by atoms with Crippen molar-refractivity contribution in [2.45, 2.75) is 32.4 Å². The molecule has 1 saturated heterocycles. The Balaban J connectivity index is 1.35. The highest BCUT2D eigenvalue weighted by Crippen LogP contribution is 2.17. The molecule has 144 valence electrons. The molecule has 1 aromatic carbocycles. The molecule has 0 radical (unpaired) electrons. The number of likely N-dealkylation sites (tertiary alicyclic amines) is 1. The third-order valence-electron chi connectivity index (χ3n) is 4.95. The van der Waals surface area contributed by atoms with E-state index in [2.05, 4.69) is 9.97 Å². The SMILES string of the molecule is Cc1cccc(OC2CCN(C(=O)CCn3cnc4ccccc4c3=O)C2)n1. The highest BCUT2D eigenvalue weighted by Gasteiger charge is 2.27. The molecule has 0 bridgehead atoms. The van der Waals surface area contributed by atoms with E-state index >= 15 is 0 Å². The third-order valence-corrected chi connectivity index (χ3v) is 4.95. The Kier molecular flexibility index (Phi) is 5.06. The minimum atomic E-state index is -0.119. The first kappa shape index (κ1) is 18.2. The molecular weight excluding hydrogens is 356 g/mol. The monoisotopic (exact) mass is 378 g/mol. The first-order valence-electron chi connectivity index (χ1n) is 9.42. The van der Waals surface area contributed by atoms with Gasteiger partial charge in [0.1, 0.15) is 6.10 Å². The van der Waals surface area contributed by atoms with Crippen molar-refractivity contribution in [1.82, 2.24) is 19.4 Å². The highest BCUT2D eigenvalue weighted by molar-refractivity contribution is 5.77. The van der Waals surface area contributed by atoms with Gasteiger partial charge in [-0.1, -0.05) is 18.2 Å². The van der Waals surface area contributed by atoms with Crippen LogP contribution in [0.3, 0.4) is 0 Å². The van der Waals surface area contributed by atoms with E-state index < -0.39 is 0 Å². The van der Waals surface area contributed by atoms with E-state index in [-0.39, 0.29) is 24.0 Å². The van der Waals surface area contributed by atoms with Crippen molar-refractivity contribution in [3.8, 4) is 5.88 Å². The molecule has 1 aliphatic heterocycles. The van der Waals surface area contributed by atoms with Crippen LogP contribution in [0.5, 0.6) is 5.88 Å². The van der Waals surface area contributed by atoms with Crippen LogP contribution in [0, 0.1) is 6.92 Å². The Bertz CT molecular complexity index is 1060. The van der Waals surface area contributed by atoms with Crippen LogP contribution in [0.2, 0.25) is 0 Å². The number of para-hydroxylation sites is 1. The number of pyridine rings is 1. The highest BCUT2D eigenvalue weighted by atomic mass is 16.5. The molecule has 7 heteroatoms. The quantitative estimate of drug-likeness (QED) is 0.680. The average molecular weight is 378 g/mol. The third kappa shape index (κ3) is 3.88. The van der Waals surface area contributed by atoms with Gasteiger partial charge in [0.25, 0.3) is 5.56 Å². The molecule has 28 heavy (non-hydrogen) atoms. The van der Waals surface area contributed by atoms with E-state index in [0.717, 1.165) is 12.1 Å². The number of hydrogen-bond acceptors (Lipinski definition) is 5. The molecule has 4 rings (SSSR count). The zero-order chi connectivity index (χ0) is 19.5. The Morgan fingerprint density at radius 3 is 2.93 bits per heavy atom. The van der Waals surface area contributed by atoms with E-state index in [1.807, 2.05) is 37.3 Å². The first-order valence-corrected chi connectivity index (χ1v) is 9.42. The smallest absolute Gasteiger partial charge is 0.261 e. The second-order valence-corrected chi connectivity index (χ2v) is 7.00. The average Bonchev–Trinajstić information content (AvgIpc) is 3.16.